The minimum absolute atomic E-state index is 0.0264. The van der Waals surface area contributed by atoms with Crippen LogP contribution in [0.1, 0.15) is 39.2 Å². The molecule has 110 valence electrons. The smallest absolute Gasteiger partial charge is 0.269 e. The minimum atomic E-state index is -0.627. The van der Waals surface area contributed by atoms with E-state index in [1.54, 1.807) is 12.1 Å². The van der Waals surface area contributed by atoms with Crippen LogP contribution >= 0.6 is 0 Å². The Hall–Kier alpha value is -1.95. The molecule has 0 radical (unpaired) electrons. The Bertz CT molecular complexity index is 483. The monoisotopic (exact) mass is 279 g/mol. The molecule has 0 aliphatic carbocycles. The quantitative estimate of drug-likeness (QED) is 0.615. The third kappa shape index (κ3) is 4.03. The number of nitro benzene ring substituents is 1. The lowest BCUT2D eigenvalue weighted by Crippen LogP contribution is -2.48. The number of benzene rings is 1. The SMILES string of the molecule is CCCC(N)C(=O)NC(C)(C)c1ccc([N+](=O)[O-])cc1. The van der Waals surface area contributed by atoms with Crippen molar-refractivity contribution in [3.63, 3.8) is 0 Å². The first-order chi connectivity index (χ1) is 9.27. The Morgan fingerprint density at radius 1 is 1.40 bits per heavy atom. The summed E-state index contributed by atoms with van der Waals surface area (Å²) in [5.41, 5.74) is 5.97. The van der Waals surface area contributed by atoms with Gasteiger partial charge in [0.25, 0.3) is 5.69 Å². The Morgan fingerprint density at radius 2 is 1.95 bits per heavy atom. The van der Waals surface area contributed by atoms with Crippen LogP contribution in [-0.4, -0.2) is 16.9 Å². The molecule has 20 heavy (non-hydrogen) atoms. The summed E-state index contributed by atoms with van der Waals surface area (Å²) in [5.74, 6) is -0.213. The number of carbonyl (C=O) groups excluding carboxylic acids is 1. The second-order valence-electron chi connectivity index (χ2n) is 5.31. The summed E-state index contributed by atoms with van der Waals surface area (Å²) in [6.07, 6.45) is 1.47. The summed E-state index contributed by atoms with van der Waals surface area (Å²) in [7, 11) is 0. The highest BCUT2D eigenvalue weighted by Gasteiger charge is 2.25. The third-order valence-corrected chi connectivity index (χ3v) is 3.17. The lowest BCUT2D eigenvalue weighted by molar-refractivity contribution is -0.384. The molecule has 0 heterocycles. The molecule has 1 aromatic carbocycles. The molecule has 1 amide bonds. The largest absolute Gasteiger partial charge is 0.346 e. The third-order valence-electron chi connectivity index (χ3n) is 3.17. The molecule has 1 unspecified atom stereocenters. The van der Waals surface area contributed by atoms with Gasteiger partial charge in [0.05, 0.1) is 16.5 Å². The fourth-order valence-electron chi connectivity index (χ4n) is 1.91. The van der Waals surface area contributed by atoms with Crippen molar-refractivity contribution in [2.45, 2.75) is 45.2 Å². The minimum Gasteiger partial charge on any atom is -0.346 e. The first-order valence-corrected chi connectivity index (χ1v) is 6.60. The lowest BCUT2D eigenvalue weighted by Gasteiger charge is -2.28. The number of non-ortho nitro benzene ring substituents is 1. The van der Waals surface area contributed by atoms with Crippen molar-refractivity contribution >= 4 is 11.6 Å². The van der Waals surface area contributed by atoms with Crippen molar-refractivity contribution in [3.8, 4) is 0 Å². The Morgan fingerprint density at radius 3 is 2.40 bits per heavy atom. The number of hydrogen-bond donors (Lipinski definition) is 2. The predicted molar refractivity (Wildman–Crippen MR) is 77.1 cm³/mol. The molecule has 1 atom stereocenters. The zero-order valence-electron chi connectivity index (χ0n) is 12.1. The van der Waals surface area contributed by atoms with E-state index in [0.29, 0.717) is 6.42 Å². The van der Waals surface area contributed by atoms with E-state index in [1.807, 2.05) is 20.8 Å². The van der Waals surface area contributed by atoms with Gasteiger partial charge in [0.15, 0.2) is 0 Å². The fourth-order valence-corrected chi connectivity index (χ4v) is 1.91. The van der Waals surface area contributed by atoms with Crippen LogP contribution in [0.5, 0.6) is 0 Å². The van der Waals surface area contributed by atoms with Crippen LogP contribution < -0.4 is 11.1 Å². The van der Waals surface area contributed by atoms with E-state index >= 15 is 0 Å². The molecule has 6 heteroatoms. The predicted octanol–water partition coefficient (Wildman–Crippen LogP) is 2.07. The van der Waals surface area contributed by atoms with E-state index in [1.165, 1.54) is 12.1 Å². The van der Waals surface area contributed by atoms with Gasteiger partial charge in [0.2, 0.25) is 5.91 Å². The second-order valence-corrected chi connectivity index (χ2v) is 5.31. The van der Waals surface area contributed by atoms with Gasteiger partial charge in [-0.3, -0.25) is 14.9 Å². The Labute approximate surface area is 118 Å². The molecule has 1 aromatic rings. The van der Waals surface area contributed by atoms with E-state index < -0.39 is 16.5 Å². The summed E-state index contributed by atoms with van der Waals surface area (Å²) in [4.78, 5) is 22.1. The molecule has 0 saturated heterocycles. The summed E-state index contributed by atoms with van der Waals surface area (Å²) in [6.45, 7) is 5.64. The molecule has 0 aliphatic rings. The van der Waals surface area contributed by atoms with Gasteiger partial charge < -0.3 is 11.1 Å². The van der Waals surface area contributed by atoms with E-state index in [4.69, 9.17) is 5.73 Å². The van der Waals surface area contributed by atoms with Gasteiger partial charge in [-0.2, -0.15) is 0 Å². The van der Waals surface area contributed by atoms with Crippen LogP contribution in [0.25, 0.3) is 0 Å². The van der Waals surface area contributed by atoms with Gasteiger partial charge in [0, 0.05) is 12.1 Å². The molecular weight excluding hydrogens is 258 g/mol. The van der Waals surface area contributed by atoms with Crippen LogP contribution in [0.4, 0.5) is 5.69 Å². The number of nitrogens with two attached hydrogens (primary N) is 1. The highest BCUT2D eigenvalue weighted by atomic mass is 16.6. The van der Waals surface area contributed by atoms with Crippen molar-refractivity contribution in [3.05, 3.63) is 39.9 Å². The normalized spacial score (nSPS) is 12.8. The number of rotatable bonds is 6. The van der Waals surface area contributed by atoms with Gasteiger partial charge in [-0.05, 0) is 38.0 Å². The summed E-state index contributed by atoms with van der Waals surface area (Å²) >= 11 is 0. The maximum Gasteiger partial charge on any atom is 0.269 e. The summed E-state index contributed by atoms with van der Waals surface area (Å²) in [5, 5.41) is 13.5. The summed E-state index contributed by atoms with van der Waals surface area (Å²) in [6, 6.07) is 5.61. The number of nitrogens with zero attached hydrogens (tertiary/aromatic N) is 1. The number of nitro groups is 1. The van der Waals surface area contributed by atoms with Gasteiger partial charge in [0.1, 0.15) is 0 Å². The van der Waals surface area contributed by atoms with Gasteiger partial charge >= 0.3 is 0 Å². The first kappa shape index (κ1) is 16.1. The van der Waals surface area contributed by atoms with E-state index in [-0.39, 0.29) is 11.6 Å². The zero-order chi connectivity index (χ0) is 15.3. The highest BCUT2D eigenvalue weighted by Crippen LogP contribution is 2.22. The van der Waals surface area contributed by atoms with Crippen LogP contribution in [0.3, 0.4) is 0 Å². The molecule has 0 saturated carbocycles. The van der Waals surface area contributed by atoms with Crippen molar-refractivity contribution in [1.29, 1.82) is 0 Å². The Balaban J connectivity index is 2.82. The zero-order valence-corrected chi connectivity index (χ0v) is 12.1. The summed E-state index contributed by atoms with van der Waals surface area (Å²) < 4.78 is 0. The van der Waals surface area contributed by atoms with Gasteiger partial charge in [-0.25, -0.2) is 0 Å². The van der Waals surface area contributed by atoms with Crippen LogP contribution in [-0.2, 0) is 10.3 Å². The van der Waals surface area contributed by atoms with Gasteiger partial charge in [-0.15, -0.1) is 0 Å². The van der Waals surface area contributed by atoms with Crippen LogP contribution in [0.15, 0.2) is 24.3 Å². The molecule has 0 spiro atoms. The number of carbonyl (C=O) groups is 1. The maximum atomic E-state index is 12.0. The van der Waals surface area contributed by atoms with Crippen molar-refractivity contribution in [2.24, 2.45) is 5.73 Å². The molecule has 0 aliphatic heterocycles. The fraction of sp³-hybridized carbons (Fsp3) is 0.500. The Kier molecular flexibility index (Phi) is 5.21. The lowest BCUT2D eigenvalue weighted by atomic mass is 9.93. The first-order valence-electron chi connectivity index (χ1n) is 6.60. The number of hydrogen-bond acceptors (Lipinski definition) is 4. The van der Waals surface area contributed by atoms with Gasteiger partial charge in [-0.1, -0.05) is 13.3 Å². The number of amides is 1. The van der Waals surface area contributed by atoms with E-state index in [9.17, 15) is 14.9 Å². The van der Waals surface area contributed by atoms with Crippen molar-refractivity contribution in [2.75, 3.05) is 0 Å². The molecule has 3 N–H and O–H groups in total. The number of nitrogens with one attached hydrogen (secondary N) is 1. The van der Waals surface area contributed by atoms with E-state index in [0.717, 1.165) is 12.0 Å². The van der Waals surface area contributed by atoms with Crippen LogP contribution in [0.2, 0.25) is 0 Å². The molecule has 0 fully saturated rings. The van der Waals surface area contributed by atoms with Crippen molar-refractivity contribution in [1.82, 2.24) is 5.32 Å². The standard InChI is InChI=1S/C14H21N3O3/c1-4-5-12(15)13(18)16-14(2,3)10-6-8-11(9-7-10)17(19)20/h6-9,12H,4-5,15H2,1-3H3,(H,16,18). The average Bonchev–Trinajstić information content (AvgIpc) is 2.38. The molecule has 0 bridgehead atoms. The molecular formula is C14H21N3O3. The molecule has 0 aromatic heterocycles. The molecule has 1 rings (SSSR count). The maximum absolute atomic E-state index is 12.0. The van der Waals surface area contributed by atoms with Crippen LogP contribution in [0, 0.1) is 10.1 Å². The van der Waals surface area contributed by atoms with E-state index in [2.05, 4.69) is 5.32 Å². The molecule has 6 nitrogen and oxygen atoms in total. The average molecular weight is 279 g/mol. The topological polar surface area (TPSA) is 98.3 Å². The highest BCUT2D eigenvalue weighted by molar-refractivity contribution is 5.82. The second kappa shape index (κ2) is 6.47. The van der Waals surface area contributed by atoms with Crippen molar-refractivity contribution < 1.29 is 9.72 Å².